The van der Waals surface area contributed by atoms with E-state index in [4.69, 9.17) is 0 Å². The van der Waals surface area contributed by atoms with Gasteiger partial charge in [0, 0.05) is 59.2 Å². The van der Waals surface area contributed by atoms with Crippen molar-refractivity contribution in [2.24, 2.45) is 94.7 Å². The van der Waals surface area contributed by atoms with E-state index >= 15 is 17.6 Å². The summed E-state index contributed by atoms with van der Waals surface area (Å²) in [6.45, 7) is 0. The van der Waals surface area contributed by atoms with Gasteiger partial charge in [-0.25, -0.2) is 17.6 Å². The highest BCUT2D eigenvalue weighted by molar-refractivity contribution is 5.57. The molecule has 0 nitrogen and oxygen atoms in total. The molecule has 0 radical (unpaired) electrons. The summed E-state index contributed by atoms with van der Waals surface area (Å²) in [7, 11) is 0. The van der Waals surface area contributed by atoms with Gasteiger partial charge < -0.3 is 0 Å². The zero-order chi connectivity index (χ0) is 15.2. The molecule has 0 amide bonds. The van der Waals surface area contributed by atoms with Crippen LogP contribution < -0.4 is 0 Å². The van der Waals surface area contributed by atoms with Gasteiger partial charge in [0.15, 0.2) is 0 Å². The summed E-state index contributed by atoms with van der Waals surface area (Å²) in [4.78, 5) is 0. The zero-order valence-electron chi connectivity index (χ0n) is 12.7. The molecule has 20 unspecified atom stereocenters. The van der Waals surface area contributed by atoms with Gasteiger partial charge in [0.05, 0.1) is 0 Å². The molecule has 124 valence electrons. The Balaban J connectivity index is 1.48. The number of halogens is 4. The third-order valence-corrected chi connectivity index (χ3v) is 13.4. The highest BCUT2D eigenvalue weighted by Crippen LogP contribution is 3.06. The summed E-state index contributed by atoms with van der Waals surface area (Å²) in [6, 6.07) is 0. The van der Waals surface area contributed by atoms with Crippen molar-refractivity contribution < 1.29 is 17.6 Å². The molecule has 12 rings (SSSR count). The lowest BCUT2D eigenvalue weighted by Gasteiger charge is -2.36. The van der Waals surface area contributed by atoms with Crippen molar-refractivity contribution in [3.63, 3.8) is 0 Å². The molecule has 0 heterocycles. The van der Waals surface area contributed by atoms with Crippen LogP contribution in [0.2, 0.25) is 0 Å². The zero-order valence-corrected chi connectivity index (χ0v) is 12.7. The van der Waals surface area contributed by atoms with E-state index < -0.39 is 34.5 Å². The summed E-state index contributed by atoms with van der Waals surface area (Å²) < 4.78 is 66.8. The van der Waals surface area contributed by atoms with Crippen molar-refractivity contribution in [2.75, 3.05) is 0 Å². The minimum absolute atomic E-state index is 0.0752. The molecule has 12 aliphatic carbocycles. The molecule has 12 fully saturated rings. The third kappa shape index (κ3) is 0.451. The van der Waals surface area contributed by atoms with Crippen molar-refractivity contribution in [2.45, 2.75) is 22.7 Å². The van der Waals surface area contributed by atoms with E-state index in [0.717, 1.165) is 0 Å². The first-order valence-corrected chi connectivity index (χ1v) is 10.2. The van der Waals surface area contributed by atoms with Crippen molar-refractivity contribution in [3.05, 3.63) is 0 Å². The minimum Gasteiger partial charge on any atom is -0.243 e. The third-order valence-electron chi connectivity index (χ3n) is 13.4. The van der Waals surface area contributed by atoms with E-state index in [0.29, 0.717) is 0 Å². The first kappa shape index (κ1) is 10.8. The smallest absolute Gasteiger partial charge is 0.124 e. The second-order valence-electron chi connectivity index (χ2n) is 11.9. The Morgan fingerprint density at radius 1 is 0.333 bits per heavy atom. The largest absolute Gasteiger partial charge is 0.243 e. The highest BCUT2D eigenvalue weighted by atomic mass is 19.2. The first-order valence-electron chi connectivity index (χ1n) is 10.2. The van der Waals surface area contributed by atoms with Crippen LogP contribution in [0.25, 0.3) is 0 Å². The fourth-order valence-electron chi connectivity index (χ4n) is 15.1. The van der Waals surface area contributed by atoms with Crippen LogP contribution >= 0.6 is 0 Å². The first-order chi connectivity index (χ1) is 11.5. The molecular weight excluding hydrogens is 316 g/mol. The molecule has 0 saturated heterocycles. The minimum atomic E-state index is -1.46. The molecule has 0 N–H and O–H groups in total. The predicted octanol–water partition coefficient (Wildman–Crippen LogP) is 2.83. The van der Waals surface area contributed by atoms with Crippen LogP contribution in [-0.4, -0.2) is 22.7 Å². The lowest BCUT2D eigenvalue weighted by molar-refractivity contribution is -0.0330. The Morgan fingerprint density at radius 2 is 0.583 bits per heavy atom. The molecule has 0 aromatic carbocycles. The van der Waals surface area contributed by atoms with Crippen LogP contribution in [0, 0.1) is 94.7 Å². The second-order valence-corrected chi connectivity index (χ2v) is 11.9. The van der Waals surface area contributed by atoms with Gasteiger partial charge in [0.25, 0.3) is 0 Å². The summed E-state index contributed by atoms with van der Waals surface area (Å²) in [5.41, 5.74) is -5.75. The SMILES string of the molecule is FC12C3C4C5C6C7C8C9C(C%10C1C4C1C5C7(F)C9C1%10F)C2C8(F)C63. The molecule has 0 aromatic heterocycles. The second kappa shape index (κ2) is 2.08. The summed E-state index contributed by atoms with van der Waals surface area (Å²) in [5, 5.41) is 0. The molecule has 0 spiro atoms. The summed E-state index contributed by atoms with van der Waals surface area (Å²) in [5.74, 6) is -2.77. The van der Waals surface area contributed by atoms with Gasteiger partial charge in [0.1, 0.15) is 22.7 Å². The van der Waals surface area contributed by atoms with Crippen LogP contribution in [0.15, 0.2) is 0 Å². The average Bonchev–Trinajstić information content (AvgIpc) is 3.25. The standard InChI is InChI=1S/C20H16F4/c21-17-7-1-2-4-10(7)20(24)14-6-5(15(17)20)13-11(17)3(1)9-8(2)18(22,12(4)14)16(6)19(9,13)23/h1-16H. The fourth-order valence-corrected chi connectivity index (χ4v) is 15.1. The maximum Gasteiger partial charge on any atom is 0.124 e. The van der Waals surface area contributed by atoms with E-state index in [1.807, 2.05) is 0 Å². The van der Waals surface area contributed by atoms with Crippen LogP contribution in [0.1, 0.15) is 0 Å². The van der Waals surface area contributed by atoms with Crippen molar-refractivity contribution in [1.29, 1.82) is 0 Å². The Kier molecular flexibility index (Phi) is 0.935. The van der Waals surface area contributed by atoms with E-state index in [1.54, 1.807) is 0 Å². The lowest BCUT2D eigenvalue weighted by Crippen LogP contribution is -2.45. The van der Waals surface area contributed by atoms with Crippen molar-refractivity contribution >= 4 is 0 Å². The molecule has 20 atom stereocenters. The van der Waals surface area contributed by atoms with Gasteiger partial charge in [-0.15, -0.1) is 0 Å². The van der Waals surface area contributed by atoms with Crippen LogP contribution in [0.4, 0.5) is 17.6 Å². The Hall–Kier alpha value is -0.280. The lowest BCUT2D eigenvalue weighted by atomic mass is 9.74. The quantitative estimate of drug-likeness (QED) is 0.599. The molecule has 0 aromatic rings. The van der Waals surface area contributed by atoms with E-state index in [2.05, 4.69) is 0 Å². The Bertz CT molecular complexity index is 832. The molecule has 0 aliphatic heterocycles. The average molecular weight is 332 g/mol. The predicted molar refractivity (Wildman–Crippen MR) is 71.2 cm³/mol. The monoisotopic (exact) mass is 332 g/mol. The van der Waals surface area contributed by atoms with Crippen LogP contribution in [0.3, 0.4) is 0 Å². The maximum absolute atomic E-state index is 16.7. The fraction of sp³-hybridized carbons (Fsp3) is 1.00. The van der Waals surface area contributed by atoms with E-state index in [1.165, 1.54) is 0 Å². The van der Waals surface area contributed by atoms with Gasteiger partial charge in [0.2, 0.25) is 0 Å². The molecule has 24 heavy (non-hydrogen) atoms. The molecule has 12 aliphatic rings. The normalized spacial score (nSPS) is 104. The van der Waals surface area contributed by atoms with Crippen molar-refractivity contribution in [1.82, 2.24) is 0 Å². The number of hydrogen-bond acceptors (Lipinski definition) is 0. The van der Waals surface area contributed by atoms with Crippen LogP contribution in [-0.2, 0) is 0 Å². The van der Waals surface area contributed by atoms with Gasteiger partial charge in [-0.1, -0.05) is 0 Å². The van der Waals surface area contributed by atoms with Gasteiger partial charge in [-0.05, 0) is 35.5 Å². The Labute approximate surface area is 135 Å². The van der Waals surface area contributed by atoms with Crippen LogP contribution in [0.5, 0.6) is 0 Å². The van der Waals surface area contributed by atoms with Gasteiger partial charge in [-0.3, -0.25) is 0 Å². The van der Waals surface area contributed by atoms with Gasteiger partial charge >= 0.3 is 0 Å². The van der Waals surface area contributed by atoms with Gasteiger partial charge in [-0.2, -0.15) is 0 Å². The molecule has 12 saturated carbocycles. The maximum atomic E-state index is 16.7. The Morgan fingerprint density at radius 3 is 0.917 bits per heavy atom. The summed E-state index contributed by atoms with van der Waals surface area (Å²) in [6.07, 6.45) is 0. The molecular formula is C20H16F4. The van der Waals surface area contributed by atoms with E-state index in [9.17, 15) is 0 Å². The molecule has 0 bridgehead atoms. The summed E-state index contributed by atoms with van der Waals surface area (Å²) >= 11 is 0. The van der Waals surface area contributed by atoms with Crippen molar-refractivity contribution in [3.8, 4) is 0 Å². The number of alkyl halides is 4. The molecule has 4 heteroatoms. The highest BCUT2D eigenvalue weighted by Gasteiger charge is 3.11. The topological polar surface area (TPSA) is 0 Å². The van der Waals surface area contributed by atoms with E-state index in [-0.39, 0.29) is 82.9 Å². The number of rotatable bonds is 0. The number of hydrogen-bond donors (Lipinski definition) is 0.